The summed E-state index contributed by atoms with van der Waals surface area (Å²) in [5.41, 5.74) is 22.3. The Morgan fingerprint density at radius 2 is 0.805 bits per heavy atom. The van der Waals surface area contributed by atoms with E-state index < -0.39 is 0 Å². The van der Waals surface area contributed by atoms with Crippen molar-refractivity contribution in [1.29, 1.82) is 0 Å². The van der Waals surface area contributed by atoms with Gasteiger partial charge in [-0.3, -0.25) is 56.4 Å². The maximum Gasteiger partial charge on any atom is 0.258 e. The highest BCUT2D eigenvalue weighted by Gasteiger charge is 2.34. The van der Waals surface area contributed by atoms with Crippen LogP contribution in [-0.4, -0.2) is 248 Å². The molecule has 20 rings (SSSR count). The highest BCUT2D eigenvalue weighted by atomic mass is 16.3. The van der Waals surface area contributed by atoms with Crippen molar-refractivity contribution in [3.63, 3.8) is 0 Å². The van der Waals surface area contributed by atoms with Gasteiger partial charge in [0.15, 0.2) is 0 Å². The second-order valence-corrected chi connectivity index (χ2v) is 36.6. The number of allylic oxidation sites excluding steroid dienone is 6. The van der Waals surface area contributed by atoms with Crippen molar-refractivity contribution < 1.29 is 10.2 Å². The van der Waals surface area contributed by atoms with Crippen LogP contribution in [0.2, 0.25) is 0 Å². The molecule has 0 unspecified atom stereocenters. The average Bonchev–Trinajstić information content (AvgIpc) is 1.69. The van der Waals surface area contributed by atoms with Crippen molar-refractivity contribution >= 4 is 78.9 Å². The third-order valence-electron chi connectivity index (χ3n) is 27.4. The van der Waals surface area contributed by atoms with Gasteiger partial charge in [-0.15, -0.1) is 0 Å². The lowest BCUT2D eigenvalue weighted by Crippen LogP contribution is -2.57. The largest absolute Gasteiger partial charge is 0.395 e. The number of hydrogen-bond acceptors (Lipinski definition) is 22. The molecule has 0 radical (unpaired) electrons. The van der Waals surface area contributed by atoms with E-state index >= 15 is 0 Å². The Labute approximate surface area is 775 Å². The summed E-state index contributed by atoms with van der Waals surface area (Å²) in [5, 5.41) is 18.5. The van der Waals surface area contributed by atoms with E-state index in [1.54, 1.807) is 42.0 Å². The number of aromatic amines is 2. The average molecular weight is 1800 g/mol. The lowest BCUT2D eigenvalue weighted by Gasteiger charge is -2.47. The number of aromatic nitrogens is 16. The summed E-state index contributed by atoms with van der Waals surface area (Å²) in [4.78, 5) is 115. The molecule has 2 saturated carbocycles. The smallest absolute Gasteiger partial charge is 0.258 e. The van der Waals surface area contributed by atoms with E-state index in [9.17, 15) is 29.4 Å². The number of aliphatic hydroxyl groups excluding tert-OH is 2. The Kier molecular flexibility index (Phi) is 27.9. The Morgan fingerprint density at radius 1 is 0.429 bits per heavy atom. The predicted octanol–water partition coefficient (Wildman–Crippen LogP) is 13.0. The minimum absolute atomic E-state index is 0.0528. The van der Waals surface area contributed by atoms with Crippen molar-refractivity contribution in [2.45, 2.75) is 171 Å². The molecule has 4 N–H and O–H groups in total. The molecule has 4 saturated heterocycles. The number of pyridine rings is 6. The molecule has 0 aromatic carbocycles. The minimum Gasteiger partial charge on any atom is -0.395 e. The molecule has 14 aromatic heterocycles. The number of H-pyrrole nitrogens is 2. The molecule has 133 heavy (non-hydrogen) atoms. The van der Waals surface area contributed by atoms with Crippen molar-refractivity contribution in [2.75, 3.05) is 131 Å². The molecule has 6 fully saturated rings. The molecule has 2 aliphatic carbocycles. The van der Waals surface area contributed by atoms with Gasteiger partial charge in [0.1, 0.15) is 45.5 Å². The molecule has 0 spiro atoms. The van der Waals surface area contributed by atoms with Crippen LogP contribution in [0.15, 0.2) is 191 Å². The minimum atomic E-state index is -0.134. The molecule has 18 heterocycles. The molecule has 6 aliphatic rings. The first-order valence-electron chi connectivity index (χ1n) is 47.5. The first-order chi connectivity index (χ1) is 64.4. The molecule has 30 nitrogen and oxygen atoms in total. The van der Waals surface area contributed by atoms with Gasteiger partial charge in [-0.25, -0.2) is 39.9 Å². The molecular formula is C103H126N24O6. The van der Waals surface area contributed by atoms with E-state index in [1.165, 1.54) is 44.6 Å². The molecule has 694 valence electrons. The molecule has 30 heteroatoms. The molecule has 4 aliphatic heterocycles. The van der Waals surface area contributed by atoms with Gasteiger partial charge in [0.25, 0.3) is 22.2 Å². The van der Waals surface area contributed by atoms with E-state index in [0.717, 1.165) is 225 Å². The topological polar surface area (TPSA) is 296 Å². The zero-order valence-electron chi connectivity index (χ0n) is 78.8. The lowest BCUT2D eigenvalue weighted by atomic mass is 9.89. The number of aliphatic hydroxyl groups is 2. The quantitative estimate of drug-likeness (QED) is 0.0458. The van der Waals surface area contributed by atoms with Gasteiger partial charge in [0.2, 0.25) is 0 Å². The SMILES string of the molecule is C=C(/C=C(/CC)c1ncc(C)[nH]1)c1cc(=O)n2cc(N3CCN(C4CCC4)CC3)ccc2n1.C=C(/C=C(/CC)c1ncc(C)[nH]1)c1cc(=O)n2cc(N3CCN(CCO)[C@H](C)C3)ccc2n1.CCc1cc(-c2cc(=O)n3cc(N4CCN(C5CCC5)[C@H](C)C4)ccc3n2)cn2cc(C)nc12.CCc1cc(-c2cc(=O)n3cc(N4CCN(CCO)[C@@H](C)C4)ccc3n2)cn2cc(C)nc12. The summed E-state index contributed by atoms with van der Waals surface area (Å²) in [6.45, 7) is 45.5. The van der Waals surface area contributed by atoms with Crippen LogP contribution in [0.4, 0.5) is 22.7 Å². The van der Waals surface area contributed by atoms with Gasteiger partial charge >= 0.3 is 0 Å². The number of nitrogens with one attached hydrogen (secondary N) is 2. The van der Waals surface area contributed by atoms with Crippen LogP contribution in [0.5, 0.6) is 0 Å². The fourth-order valence-corrected chi connectivity index (χ4v) is 19.5. The van der Waals surface area contributed by atoms with Crippen molar-refractivity contribution in [1.82, 2.24) is 95.8 Å². The number of anilines is 4. The number of aryl methyl sites for hydroxylation is 6. The third-order valence-corrected chi connectivity index (χ3v) is 27.4. The van der Waals surface area contributed by atoms with Crippen LogP contribution in [-0.2, 0) is 12.8 Å². The molecule has 0 amide bonds. The van der Waals surface area contributed by atoms with Gasteiger partial charge < -0.3 is 48.6 Å². The van der Waals surface area contributed by atoms with Crippen LogP contribution >= 0.6 is 0 Å². The van der Waals surface area contributed by atoms with E-state index in [2.05, 4.69) is 155 Å². The van der Waals surface area contributed by atoms with E-state index in [1.807, 2.05) is 141 Å². The number of hydrogen-bond donors (Lipinski definition) is 4. The third kappa shape index (κ3) is 20.3. The van der Waals surface area contributed by atoms with Crippen LogP contribution in [0.3, 0.4) is 0 Å². The van der Waals surface area contributed by atoms with Gasteiger partial charge in [0, 0.05) is 237 Å². The molecule has 3 atom stereocenters. The van der Waals surface area contributed by atoms with Gasteiger partial charge in [-0.2, -0.15) is 0 Å². The summed E-state index contributed by atoms with van der Waals surface area (Å²) in [6.07, 6.45) is 34.6. The summed E-state index contributed by atoms with van der Waals surface area (Å²) >= 11 is 0. The normalized spacial score (nSPS) is 18.2. The Balaban J connectivity index is 0.000000124. The summed E-state index contributed by atoms with van der Waals surface area (Å²) in [5.74, 6) is 1.64. The number of imidazole rings is 4. The van der Waals surface area contributed by atoms with Crippen LogP contribution in [0.1, 0.15) is 157 Å². The lowest BCUT2D eigenvalue weighted by molar-refractivity contribution is 0.0775. The highest BCUT2D eigenvalue weighted by Crippen LogP contribution is 2.34. The number of piperazine rings is 4. The first kappa shape index (κ1) is 92.0. The Morgan fingerprint density at radius 3 is 1.16 bits per heavy atom. The van der Waals surface area contributed by atoms with Crippen LogP contribution in [0.25, 0.3) is 78.7 Å². The maximum atomic E-state index is 13.2. The standard InChI is InChI=1S/C27H32N6O.C26H32N6O.C25H30N6O2.C25H32N6O2/c1-4-20-12-21(16-31-14-18(2)28-27(20)31)24-13-26(34)33-17-23(8-9-25(33)29-24)30-10-11-32(19(3)15-30)22-6-5-7-22;1-4-20(26-27-16-19(3)28-26)14-18(2)23-15-25(33)32-17-22(8-9-24(32)29-23)31-12-10-30(11-13-31)21-6-5-7-21;1-4-19-11-20(15-30-13-17(2)26-25(19)30)22-12-24(33)31-16-21(5-6-23(31)27-22)29-8-7-28(9-10-32)18(3)14-29;1-5-20(25-26-14-18(3)27-25)12-17(2)22-13-24(33)31-16-21(6-7-23(31)28-22)30-9-8-29(10-11-32)19(4)15-30/h8-9,12-14,16-17,19,22H,4-7,10-11,15H2,1-3H3;8-9,14-17,21H,2,4-7,10-13H2,1,3H3,(H,27,28);5-6,11-13,15-16,18,32H,4,7-10,14H2,1-3H3;6-7,12-14,16,19,32H,2,5,8-11,15H2,1,3-4H3,(H,26,27)/b;20-14-;;20-12-/t19-;;18-;19-/m1.01/s1. The number of nitrogens with zero attached hydrogens (tertiary/aromatic N) is 22. The summed E-state index contributed by atoms with van der Waals surface area (Å²) in [7, 11) is 0. The predicted molar refractivity (Wildman–Crippen MR) is 532 cm³/mol. The highest BCUT2D eigenvalue weighted by molar-refractivity contribution is 5.82. The molecule has 0 bridgehead atoms. The first-order valence-corrected chi connectivity index (χ1v) is 47.5. The second-order valence-electron chi connectivity index (χ2n) is 36.6. The zero-order chi connectivity index (χ0) is 93.0. The fraction of sp³-hybridized carbons (Fsp3) is 0.417. The Hall–Kier alpha value is -12.8. The van der Waals surface area contributed by atoms with E-state index in [0.29, 0.717) is 87.7 Å². The maximum absolute atomic E-state index is 13.2. The summed E-state index contributed by atoms with van der Waals surface area (Å²) in [6, 6.07) is 29.3. The van der Waals surface area contributed by atoms with Gasteiger partial charge in [-0.1, -0.05) is 53.7 Å². The van der Waals surface area contributed by atoms with E-state index in [4.69, 9.17) is 19.9 Å². The number of fused-ring (bicyclic) bond motifs is 6. The zero-order valence-corrected chi connectivity index (χ0v) is 78.8. The monoisotopic (exact) mass is 1800 g/mol. The van der Waals surface area contributed by atoms with Crippen molar-refractivity contribution in [3.05, 3.63) is 271 Å². The number of β-amino-alcohol motifs (C(OH)–C–C–N with tert-alkyl or cyclic N) is 2. The summed E-state index contributed by atoms with van der Waals surface area (Å²) < 4.78 is 10.6. The van der Waals surface area contributed by atoms with E-state index in [-0.39, 0.29) is 35.5 Å². The molecular weight excluding hydrogens is 1670 g/mol. The van der Waals surface area contributed by atoms with Crippen molar-refractivity contribution in [2.24, 2.45) is 0 Å². The second kappa shape index (κ2) is 40.3. The van der Waals surface area contributed by atoms with Crippen LogP contribution in [0, 0.1) is 27.7 Å². The fourth-order valence-electron chi connectivity index (χ4n) is 19.5. The molecule has 14 aromatic rings. The van der Waals surface area contributed by atoms with Gasteiger partial charge in [-0.05, 0) is 206 Å². The Bertz CT molecular complexity index is 6950. The van der Waals surface area contributed by atoms with Gasteiger partial charge in [0.05, 0.1) is 70.1 Å². The van der Waals surface area contributed by atoms with Crippen molar-refractivity contribution in [3.8, 4) is 22.5 Å². The number of rotatable bonds is 22. The van der Waals surface area contributed by atoms with Crippen LogP contribution < -0.4 is 41.8 Å².